The second kappa shape index (κ2) is 54.7. The summed E-state index contributed by atoms with van der Waals surface area (Å²) in [5, 5.41) is 0. The molecule has 1 atom stereocenters. The van der Waals surface area contributed by atoms with Crippen LogP contribution in [-0.2, 0) is 28.6 Å². The highest BCUT2D eigenvalue weighted by Gasteiger charge is 2.19. The molecule has 0 radical (unpaired) electrons. The van der Waals surface area contributed by atoms with Gasteiger partial charge in [-0.1, -0.05) is 311 Å². The summed E-state index contributed by atoms with van der Waals surface area (Å²) in [7, 11) is 0. The van der Waals surface area contributed by atoms with Gasteiger partial charge in [-0.3, -0.25) is 14.4 Å². The molecule has 0 N–H and O–H groups in total. The number of carbonyl (C=O) groups excluding carboxylic acids is 3. The van der Waals surface area contributed by atoms with E-state index in [2.05, 4.69) is 34.6 Å². The fourth-order valence-corrected chi connectivity index (χ4v) is 9.58. The Bertz CT molecular complexity index is 1040. The minimum Gasteiger partial charge on any atom is -0.462 e. The Morgan fingerprint density at radius 2 is 0.485 bits per heavy atom. The summed E-state index contributed by atoms with van der Waals surface area (Å²) in [5.41, 5.74) is 0. The highest BCUT2D eigenvalue weighted by molar-refractivity contribution is 5.71. The molecule has 0 aliphatic heterocycles. The van der Waals surface area contributed by atoms with Crippen molar-refractivity contribution >= 4 is 17.9 Å². The highest BCUT2D eigenvalue weighted by Crippen LogP contribution is 2.19. The van der Waals surface area contributed by atoms with Crippen LogP contribution in [0.3, 0.4) is 0 Å². The summed E-state index contributed by atoms with van der Waals surface area (Å²) in [6.45, 7) is 11.4. The summed E-state index contributed by atoms with van der Waals surface area (Å²) < 4.78 is 16.9. The zero-order valence-electron chi connectivity index (χ0n) is 46.7. The summed E-state index contributed by atoms with van der Waals surface area (Å²) in [6, 6.07) is 0. The van der Waals surface area contributed by atoms with E-state index in [1.165, 1.54) is 238 Å². The standard InChI is InChI=1S/C62H120O6/c1-6-7-8-9-10-11-12-13-14-15-22-27-32-37-42-47-52-60(63)66-55-59(68-62(65)54-49-44-39-34-29-24-19-17-21-26-31-36-41-46-51-58(4)5)56-67-61(64)53-48-43-38-33-28-23-18-16-20-25-30-35-40-45-50-57(2)3/h57-59H,6-56H2,1-5H3/t59-/m0/s1. The first-order valence-electron chi connectivity index (χ1n) is 30.7. The largest absolute Gasteiger partial charge is 0.462 e. The van der Waals surface area contributed by atoms with Gasteiger partial charge in [0, 0.05) is 19.3 Å². The minimum atomic E-state index is -0.763. The molecule has 0 bridgehead atoms. The molecule has 0 spiro atoms. The van der Waals surface area contributed by atoms with E-state index in [1.54, 1.807) is 0 Å². The molecule has 0 aromatic rings. The molecule has 68 heavy (non-hydrogen) atoms. The minimum absolute atomic E-state index is 0.0621. The third-order valence-electron chi connectivity index (χ3n) is 14.2. The summed E-state index contributed by atoms with van der Waals surface area (Å²) in [4.78, 5) is 38.2. The maximum absolute atomic E-state index is 12.9. The molecule has 404 valence electrons. The normalized spacial score (nSPS) is 12.0. The second-order valence-electron chi connectivity index (χ2n) is 22.3. The molecule has 0 aliphatic carbocycles. The van der Waals surface area contributed by atoms with Crippen LogP contribution in [0.2, 0.25) is 0 Å². The van der Waals surface area contributed by atoms with Crippen molar-refractivity contribution in [3.63, 3.8) is 0 Å². The Balaban J connectivity index is 4.30. The first-order valence-corrected chi connectivity index (χ1v) is 30.7. The van der Waals surface area contributed by atoms with Gasteiger partial charge in [-0.25, -0.2) is 0 Å². The fourth-order valence-electron chi connectivity index (χ4n) is 9.58. The molecule has 0 aliphatic rings. The lowest BCUT2D eigenvalue weighted by Gasteiger charge is -2.18. The van der Waals surface area contributed by atoms with E-state index in [9.17, 15) is 14.4 Å². The Morgan fingerprint density at radius 3 is 0.721 bits per heavy atom. The average Bonchev–Trinajstić information content (AvgIpc) is 3.31. The van der Waals surface area contributed by atoms with Crippen molar-refractivity contribution in [1.29, 1.82) is 0 Å². The average molecular weight is 962 g/mol. The molecule has 0 aromatic heterocycles. The first-order chi connectivity index (χ1) is 33.2. The fraction of sp³-hybridized carbons (Fsp3) is 0.952. The number of ether oxygens (including phenoxy) is 3. The molecule has 0 unspecified atom stereocenters. The van der Waals surface area contributed by atoms with Crippen molar-refractivity contribution in [2.24, 2.45) is 11.8 Å². The van der Waals surface area contributed by atoms with Crippen molar-refractivity contribution in [3.8, 4) is 0 Å². The first kappa shape index (κ1) is 66.4. The number of hydrogen-bond acceptors (Lipinski definition) is 6. The van der Waals surface area contributed by atoms with Gasteiger partial charge in [-0.2, -0.15) is 0 Å². The maximum atomic E-state index is 12.9. The molecular formula is C62H120O6. The number of esters is 3. The van der Waals surface area contributed by atoms with E-state index in [0.717, 1.165) is 69.6 Å². The lowest BCUT2D eigenvalue weighted by atomic mass is 10.0. The van der Waals surface area contributed by atoms with Crippen molar-refractivity contribution in [2.75, 3.05) is 13.2 Å². The van der Waals surface area contributed by atoms with Crippen LogP contribution in [0.25, 0.3) is 0 Å². The second-order valence-corrected chi connectivity index (χ2v) is 22.3. The molecule has 0 heterocycles. The lowest BCUT2D eigenvalue weighted by molar-refractivity contribution is -0.167. The maximum Gasteiger partial charge on any atom is 0.306 e. The van der Waals surface area contributed by atoms with Crippen LogP contribution in [-0.4, -0.2) is 37.2 Å². The SMILES string of the molecule is CCCCCCCCCCCCCCCCCCC(=O)OC[C@@H](COC(=O)CCCCCCCCCCCCCCCCC(C)C)OC(=O)CCCCCCCCCCCCCCCCC(C)C. The van der Waals surface area contributed by atoms with Gasteiger partial charge < -0.3 is 14.2 Å². The van der Waals surface area contributed by atoms with Crippen LogP contribution >= 0.6 is 0 Å². The zero-order chi connectivity index (χ0) is 49.6. The van der Waals surface area contributed by atoms with Crippen molar-refractivity contribution in [2.45, 2.75) is 355 Å². The van der Waals surface area contributed by atoms with E-state index in [-0.39, 0.29) is 31.1 Å². The summed E-state index contributed by atoms with van der Waals surface area (Å²) in [6.07, 6.45) is 59.5. The summed E-state index contributed by atoms with van der Waals surface area (Å²) in [5.74, 6) is 0.855. The van der Waals surface area contributed by atoms with Gasteiger partial charge in [-0.05, 0) is 31.1 Å². The van der Waals surface area contributed by atoms with Crippen LogP contribution in [0, 0.1) is 11.8 Å². The van der Waals surface area contributed by atoms with E-state index in [4.69, 9.17) is 14.2 Å². The molecule has 0 amide bonds. The van der Waals surface area contributed by atoms with E-state index in [0.29, 0.717) is 19.3 Å². The summed E-state index contributed by atoms with van der Waals surface area (Å²) >= 11 is 0. The van der Waals surface area contributed by atoms with Gasteiger partial charge >= 0.3 is 17.9 Å². The quantitative estimate of drug-likeness (QED) is 0.0343. The van der Waals surface area contributed by atoms with Gasteiger partial charge in [-0.15, -0.1) is 0 Å². The number of rotatable bonds is 56. The Morgan fingerprint density at radius 1 is 0.279 bits per heavy atom. The number of hydrogen-bond donors (Lipinski definition) is 0. The lowest BCUT2D eigenvalue weighted by Crippen LogP contribution is -2.30. The molecule has 6 heteroatoms. The number of unbranched alkanes of at least 4 members (excludes halogenated alkanes) is 41. The van der Waals surface area contributed by atoms with E-state index in [1.807, 2.05) is 0 Å². The van der Waals surface area contributed by atoms with Crippen molar-refractivity contribution < 1.29 is 28.6 Å². The molecule has 0 saturated heterocycles. The van der Waals surface area contributed by atoms with Crippen LogP contribution < -0.4 is 0 Å². The van der Waals surface area contributed by atoms with Crippen molar-refractivity contribution in [3.05, 3.63) is 0 Å². The monoisotopic (exact) mass is 961 g/mol. The zero-order valence-corrected chi connectivity index (χ0v) is 46.7. The third kappa shape index (κ3) is 55.3. The molecule has 6 nitrogen and oxygen atoms in total. The van der Waals surface area contributed by atoms with Gasteiger partial charge in [0.25, 0.3) is 0 Å². The Hall–Kier alpha value is -1.59. The predicted octanol–water partition coefficient (Wildman–Crippen LogP) is 20.4. The number of carbonyl (C=O) groups is 3. The molecule has 0 saturated carbocycles. The van der Waals surface area contributed by atoms with E-state index >= 15 is 0 Å². The van der Waals surface area contributed by atoms with Crippen molar-refractivity contribution in [1.82, 2.24) is 0 Å². The highest BCUT2D eigenvalue weighted by atomic mass is 16.6. The van der Waals surface area contributed by atoms with Crippen LogP contribution in [0.4, 0.5) is 0 Å². The van der Waals surface area contributed by atoms with Gasteiger partial charge in [0.05, 0.1) is 0 Å². The molecular weight excluding hydrogens is 841 g/mol. The predicted molar refractivity (Wildman–Crippen MR) is 293 cm³/mol. The molecule has 0 aromatic carbocycles. The van der Waals surface area contributed by atoms with Crippen LogP contribution in [0.1, 0.15) is 349 Å². The van der Waals surface area contributed by atoms with Crippen LogP contribution in [0.15, 0.2) is 0 Å². The smallest absolute Gasteiger partial charge is 0.306 e. The molecule has 0 rings (SSSR count). The van der Waals surface area contributed by atoms with E-state index < -0.39 is 6.10 Å². The third-order valence-corrected chi connectivity index (χ3v) is 14.2. The Kier molecular flexibility index (Phi) is 53.5. The van der Waals surface area contributed by atoms with Crippen LogP contribution in [0.5, 0.6) is 0 Å². The molecule has 0 fully saturated rings. The van der Waals surface area contributed by atoms with Gasteiger partial charge in [0.1, 0.15) is 13.2 Å². The van der Waals surface area contributed by atoms with Gasteiger partial charge in [0.2, 0.25) is 0 Å². The van der Waals surface area contributed by atoms with Gasteiger partial charge in [0.15, 0.2) is 6.10 Å². The topological polar surface area (TPSA) is 78.9 Å². The Labute approximate surface area is 425 Å².